The van der Waals surface area contributed by atoms with Crippen molar-refractivity contribution in [2.45, 2.75) is 31.9 Å². The molecule has 1 atom stereocenters. The van der Waals surface area contributed by atoms with Crippen molar-refractivity contribution in [3.05, 3.63) is 29.8 Å². The summed E-state index contributed by atoms with van der Waals surface area (Å²) in [6, 6.07) is 8.09. The minimum absolute atomic E-state index is 0.632. The molecular formula is C17H27N3OS. The predicted octanol–water partition coefficient (Wildman–Crippen LogP) is 2.82. The van der Waals surface area contributed by atoms with Crippen LogP contribution in [0.3, 0.4) is 0 Å². The number of benzene rings is 1. The Kier molecular flexibility index (Phi) is 7.43. The average Bonchev–Trinajstić information content (AvgIpc) is 3.04. The highest BCUT2D eigenvalue weighted by Gasteiger charge is 2.14. The van der Waals surface area contributed by atoms with Crippen molar-refractivity contribution < 1.29 is 4.74 Å². The first kappa shape index (κ1) is 17.0. The summed E-state index contributed by atoms with van der Waals surface area (Å²) in [5, 5.41) is 7.32. The fraction of sp³-hybridized carbons (Fsp3) is 0.588. The zero-order valence-electron chi connectivity index (χ0n) is 13.6. The molecule has 5 heteroatoms. The SMILES string of the molecule is CCNC(=NCC1CCCS1)NCCOc1ccccc1C. The average molecular weight is 321 g/mol. The number of thioether (sulfide) groups is 1. The minimum atomic E-state index is 0.632. The number of nitrogens with one attached hydrogen (secondary N) is 2. The molecule has 0 radical (unpaired) electrons. The van der Waals surface area contributed by atoms with Gasteiger partial charge in [0.15, 0.2) is 5.96 Å². The molecule has 0 saturated carbocycles. The molecule has 1 aromatic carbocycles. The molecule has 0 spiro atoms. The highest BCUT2D eigenvalue weighted by Crippen LogP contribution is 2.25. The first-order valence-electron chi connectivity index (χ1n) is 8.12. The second-order valence-electron chi connectivity index (χ2n) is 5.40. The molecule has 1 aromatic rings. The van der Waals surface area contributed by atoms with Gasteiger partial charge in [0.05, 0.1) is 13.1 Å². The van der Waals surface area contributed by atoms with Gasteiger partial charge in [-0.2, -0.15) is 11.8 Å². The van der Waals surface area contributed by atoms with Crippen LogP contribution in [0.15, 0.2) is 29.3 Å². The molecule has 1 heterocycles. The van der Waals surface area contributed by atoms with Crippen molar-refractivity contribution in [3.63, 3.8) is 0 Å². The number of guanidine groups is 1. The molecule has 0 aliphatic carbocycles. The van der Waals surface area contributed by atoms with E-state index in [0.29, 0.717) is 11.9 Å². The van der Waals surface area contributed by atoms with Gasteiger partial charge < -0.3 is 15.4 Å². The van der Waals surface area contributed by atoms with E-state index in [-0.39, 0.29) is 0 Å². The van der Waals surface area contributed by atoms with Crippen LogP contribution in [0.25, 0.3) is 0 Å². The largest absolute Gasteiger partial charge is 0.491 e. The van der Waals surface area contributed by atoms with E-state index in [0.717, 1.165) is 31.3 Å². The highest BCUT2D eigenvalue weighted by molar-refractivity contribution is 8.00. The number of aliphatic imine (C=N–C) groups is 1. The van der Waals surface area contributed by atoms with E-state index in [1.165, 1.54) is 24.2 Å². The van der Waals surface area contributed by atoms with E-state index in [1.54, 1.807) is 0 Å². The summed E-state index contributed by atoms with van der Waals surface area (Å²) < 4.78 is 5.79. The Balaban J connectivity index is 1.71. The van der Waals surface area contributed by atoms with Crippen LogP contribution in [0.2, 0.25) is 0 Å². The summed E-state index contributed by atoms with van der Waals surface area (Å²) in [6.45, 7) is 7.31. The minimum Gasteiger partial charge on any atom is -0.491 e. The fourth-order valence-corrected chi connectivity index (χ4v) is 3.55. The Morgan fingerprint density at radius 3 is 2.95 bits per heavy atom. The van der Waals surface area contributed by atoms with Gasteiger partial charge in [-0.1, -0.05) is 18.2 Å². The molecule has 0 bridgehead atoms. The Labute approximate surface area is 138 Å². The quantitative estimate of drug-likeness (QED) is 0.460. The normalized spacial score (nSPS) is 18.3. The molecule has 22 heavy (non-hydrogen) atoms. The van der Waals surface area contributed by atoms with Gasteiger partial charge in [-0.15, -0.1) is 0 Å². The Morgan fingerprint density at radius 2 is 2.23 bits per heavy atom. The second kappa shape index (κ2) is 9.62. The van der Waals surface area contributed by atoms with Crippen LogP contribution in [-0.2, 0) is 0 Å². The first-order chi connectivity index (χ1) is 10.8. The van der Waals surface area contributed by atoms with Gasteiger partial charge in [0.25, 0.3) is 0 Å². The molecule has 1 unspecified atom stereocenters. The highest BCUT2D eigenvalue weighted by atomic mass is 32.2. The summed E-state index contributed by atoms with van der Waals surface area (Å²) in [5.74, 6) is 3.13. The van der Waals surface area contributed by atoms with E-state index in [2.05, 4.69) is 35.5 Å². The fourth-order valence-electron chi connectivity index (χ4n) is 2.37. The van der Waals surface area contributed by atoms with Crippen molar-refractivity contribution in [2.75, 3.05) is 32.0 Å². The number of rotatable bonds is 7. The van der Waals surface area contributed by atoms with Crippen molar-refractivity contribution in [2.24, 2.45) is 4.99 Å². The standard InChI is InChI=1S/C17H27N3OS/c1-3-18-17(20-13-15-8-6-12-22-15)19-10-11-21-16-9-5-4-7-14(16)2/h4-5,7,9,15H,3,6,8,10-13H2,1-2H3,(H2,18,19,20). The number of para-hydroxylation sites is 1. The van der Waals surface area contributed by atoms with E-state index >= 15 is 0 Å². The van der Waals surface area contributed by atoms with Crippen LogP contribution in [-0.4, -0.2) is 43.2 Å². The number of aryl methyl sites for hydroxylation is 1. The third-order valence-corrected chi connectivity index (χ3v) is 4.95. The Bertz CT molecular complexity index is 473. The van der Waals surface area contributed by atoms with Gasteiger partial charge in [0, 0.05) is 11.8 Å². The molecule has 1 fully saturated rings. The maximum atomic E-state index is 5.79. The molecule has 4 nitrogen and oxygen atoms in total. The van der Waals surface area contributed by atoms with E-state index < -0.39 is 0 Å². The van der Waals surface area contributed by atoms with Crippen LogP contribution in [0, 0.1) is 6.92 Å². The maximum absolute atomic E-state index is 5.79. The van der Waals surface area contributed by atoms with E-state index in [9.17, 15) is 0 Å². The monoisotopic (exact) mass is 321 g/mol. The molecule has 2 N–H and O–H groups in total. The lowest BCUT2D eigenvalue weighted by molar-refractivity contribution is 0.320. The van der Waals surface area contributed by atoms with Crippen molar-refractivity contribution in [1.82, 2.24) is 10.6 Å². The Hall–Kier alpha value is -1.36. The molecule has 122 valence electrons. The van der Waals surface area contributed by atoms with Crippen LogP contribution in [0.1, 0.15) is 25.3 Å². The van der Waals surface area contributed by atoms with Gasteiger partial charge in [0.2, 0.25) is 0 Å². The second-order valence-corrected chi connectivity index (χ2v) is 6.80. The predicted molar refractivity (Wildman–Crippen MR) is 96.1 cm³/mol. The Morgan fingerprint density at radius 1 is 1.36 bits per heavy atom. The summed E-state index contributed by atoms with van der Waals surface area (Å²) in [5.41, 5.74) is 1.17. The molecule has 0 aromatic heterocycles. The smallest absolute Gasteiger partial charge is 0.191 e. The third-order valence-electron chi connectivity index (χ3n) is 3.57. The van der Waals surface area contributed by atoms with Crippen LogP contribution in [0.4, 0.5) is 0 Å². The van der Waals surface area contributed by atoms with E-state index in [4.69, 9.17) is 4.74 Å². The van der Waals surface area contributed by atoms with Crippen molar-refractivity contribution in [1.29, 1.82) is 0 Å². The molecule has 2 rings (SSSR count). The number of hydrogen-bond donors (Lipinski definition) is 2. The summed E-state index contributed by atoms with van der Waals surface area (Å²) in [4.78, 5) is 4.68. The van der Waals surface area contributed by atoms with E-state index in [1.807, 2.05) is 30.0 Å². The summed E-state index contributed by atoms with van der Waals surface area (Å²) in [7, 11) is 0. The van der Waals surface area contributed by atoms with Crippen molar-refractivity contribution >= 4 is 17.7 Å². The lowest BCUT2D eigenvalue weighted by Gasteiger charge is -2.14. The zero-order chi connectivity index (χ0) is 15.6. The third kappa shape index (κ3) is 5.79. The molecule has 1 aliphatic heterocycles. The van der Waals surface area contributed by atoms with Gasteiger partial charge in [-0.25, -0.2) is 0 Å². The molecular weight excluding hydrogens is 294 g/mol. The number of hydrogen-bond acceptors (Lipinski definition) is 3. The molecule has 0 amide bonds. The van der Waals surface area contributed by atoms with Crippen molar-refractivity contribution in [3.8, 4) is 5.75 Å². The lowest BCUT2D eigenvalue weighted by atomic mass is 10.2. The van der Waals surface area contributed by atoms with Crippen LogP contribution in [0.5, 0.6) is 5.75 Å². The van der Waals surface area contributed by atoms with Gasteiger partial charge in [-0.3, -0.25) is 4.99 Å². The maximum Gasteiger partial charge on any atom is 0.191 e. The summed E-state index contributed by atoms with van der Waals surface area (Å²) in [6.07, 6.45) is 2.63. The topological polar surface area (TPSA) is 45.7 Å². The first-order valence-corrected chi connectivity index (χ1v) is 9.16. The molecule has 1 aliphatic rings. The number of ether oxygens (including phenoxy) is 1. The lowest BCUT2D eigenvalue weighted by Crippen LogP contribution is -2.39. The summed E-state index contributed by atoms with van der Waals surface area (Å²) >= 11 is 2.04. The zero-order valence-corrected chi connectivity index (χ0v) is 14.4. The van der Waals surface area contributed by atoms with Gasteiger partial charge in [0.1, 0.15) is 12.4 Å². The van der Waals surface area contributed by atoms with Gasteiger partial charge >= 0.3 is 0 Å². The van der Waals surface area contributed by atoms with Crippen LogP contribution < -0.4 is 15.4 Å². The molecule has 1 saturated heterocycles. The van der Waals surface area contributed by atoms with Crippen LogP contribution >= 0.6 is 11.8 Å². The van der Waals surface area contributed by atoms with Gasteiger partial charge in [-0.05, 0) is 44.1 Å². The number of nitrogens with zero attached hydrogens (tertiary/aromatic N) is 1.